The van der Waals surface area contributed by atoms with Gasteiger partial charge in [-0.25, -0.2) is 0 Å². The summed E-state index contributed by atoms with van der Waals surface area (Å²) in [4.78, 5) is 0. The summed E-state index contributed by atoms with van der Waals surface area (Å²) in [5.41, 5.74) is 0. The van der Waals surface area contributed by atoms with E-state index in [9.17, 15) is 0 Å². The van der Waals surface area contributed by atoms with Gasteiger partial charge in [0.05, 0.1) is 7.85 Å². The van der Waals surface area contributed by atoms with Crippen LogP contribution in [0.3, 0.4) is 0 Å². The van der Waals surface area contributed by atoms with Crippen LogP contribution in [0.5, 0.6) is 0 Å². The molecule has 0 aromatic carbocycles. The molecule has 0 fully saturated rings. The smallest absolute Gasteiger partial charge is 0.358 e. The van der Waals surface area contributed by atoms with Gasteiger partial charge in [0, 0.05) is 0 Å². The Hall–Kier alpha value is 0.753. The van der Waals surface area contributed by atoms with Gasteiger partial charge in [-0.15, -0.1) is 0 Å². The largest absolute Gasteiger partial charge is 2.00 e. The van der Waals surface area contributed by atoms with Crippen LogP contribution in [0.2, 0.25) is 6.32 Å². The third-order valence-electron chi connectivity index (χ3n) is 1.80. The Labute approximate surface area is 81.8 Å². The second kappa shape index (κ2) is 9.75. The quantitative estimate of drug-likeness (QED) is 0.555. The van der Waals surface area contributed by atoms with Gasteiger partial charge in [-0.3, -0.25) is 0 Å². The Morgan fingerprint density at radius 1 is 1.40 bits per heavy atom. The molecule has 0 aliphatic heterocycles. The predicted molar refractivity (Wildman–Crippen MR) is 45.3 cm³/mol. The van der Waals surface area contributed by atoms with Crippen molar-refractivity contribution in [3.63, 3.8) is 0 Å². The van der Waals surface area contributed by atoms with Gasteiger partial charge in [0.2, 0.25) is 0 Å². The van der Waals surface area contributed by atoms with Gasteiger partial charge < -0.3 is 13.8 Å². The molecule has 0 aliphatic carbocycles. The summed E-state index contributed by atoms with van der Waals surface area (Å²) in [6.07, 6.45) is 2.99. The molecular formula is C8H17BW. The summed E-state index contributed by atoms with van der Waals surface area (Å²) in [5.74, 6) is 1.31. The average molecular weight is 308 g/mol. The maximum Gasteiger partial charge on any atom is 2.00 e. The van der Waals surface area contributed by atoms with Crippen LogP contribution < -0.4 is 0 Å². The van der Waals surface area contributed by atoms with Gasteiger partial charge in [0.25, 0.3) is 0 Å². The molecule has 2 atom stereocenters. The predicted octanol–water partition coefficient (Wildman–Crippen LogP) is 2.52. The zero-order chi connectivity index (χ0) is 6.57. The summed E-state index contributed by atoms with van der Waals surface area (Å²) in [7, 11) is 5.43. The van der Waals surface area contributed by atoms with E-state index >= 15 is 0 Å². The topological polar surface area (TPSA) is 0 Å². The van der Waals surface area contributed by atoms with E-state index < -0.39 is 0 Å². The fourth-order valence-electron chi connectivity index (χ4n) is 0.543. The Balaban J connectivity index is -0.000000245. The third kappa shape index (κ3) is 6.87. The Bertz CT molecular complexity index is 49.2. The SMILES string of the molecule is [B]C[C@H](C)[C@H](C)[CH-]C.[CH3-].[W+2]. The van der Waals surface area contributed by atoms with Crippen molar-refractivity contribution in [3.8, 4) is 0 Å². The van der Waals surface area contributed by atoms with Crippen molar-refractivity contribution in [2.75, 3.05) is 0 Å². The van der Waals surface area contributed by atoms with E-state index in [0.29, 0.717) is 11.8 Å². The van der Waals surface area contributed by atoms with Gasteiger partial charge in [0.1, 0.15) is 0 Å². The Morgan fingerprint density at radius 2 is 1.80 bits per heavy atom. The molecule has 2 heteroatoms. The van der Waals surface area contributed by atoms with Crippen LogP contribution in [-0.4, -0.2) is 7.85 Å². The minimum atomic E-state index is 0. The number of rotatable bonds is 3. The van der Waals surface area contributed by atoms with E-state index in [1.807, 2.05) is 0 Å². The van der Waals surface area contributed by atoms with Crippen molar-refractivity contribution < 1.29 is 21.1 Å². The molecule has 0 rings (SSSR count). The van der Waals surface area contributed by atoms with Crippen LogP contribution >= 0.6 is 0 Å². The molecule has 0 heterocycles. The van der Waals surface area contributed by atoms with E-state index in [-0.39, 0.29) is 28.5 Å². The molecule has 0 bridgehead atoms. The van der Waals surface area contributed by atoms with Gasteiger partial charge in [-0.2, -0.15) is 12.8 Å². The summed E-state index contributed by atoms with van der Waals surface area (Å²) in [5, 5.41) is 0. The van der Waals surface area contributed by atoms with Crippen LogP contribution in [0.25, 0.3) is 0 Å². The third-order valence-corrected chi connectivity index (χ3v) is 1.80. The minimum absolute atomic E-state index is 0. The van der Waals surface area contributed by atoms with Gasteiger partial charge in [-0.05, 0) is 0 Å². The Morgan fingerprint density at radius 3 is 1.90 bits per heavy atom. The monoisotopic (exact) mass is 308 g/mol. The van der Waals surface area contributed by atoms with E-state index in [2.05, 4.69) is 27.2 Å². The molecule has 0 amide bonds. The summed E-state index contributed by atoms with van der Waals surface area (Å²) in [6, 6.07) is 0. The van der Waals surface area contributed by atoms with Crippen molar-refractivity contribution in [1.29, 1.82) is 0 Å². The fourth-order valence-corrected chi connectivity index (χ4v) is 0.543. The Kier molecular flexibility index (Phi) is 16.6. The summed E-state index contributed by atoms with van der Waals surface area (Å²) >= 11 is 0. The first kappa shape index (κ1) is 17.0. The minimum Gasteiger partial charge on any atom is -0.358 e. The standard InChI is InChI=1S/C7H14B.CH3.W/c1-4-6(2)7(3)5-8;;/h4,6-7H,5H2,1-3H3;1H3;/q2*-1;+2/t6-,7+;;/m1../s1. The molecule has 0 N–H and O–H groups in total. The molecule has 0 aromatic rings. The first-order valence-electron chi connectivity index (χ1n) is 3.22. The molecule has 0 aromatic heterocycles. The average Bonchev–Trinajstić information content (AvgIpc) is 1.84. The zero-order valence-corrected chi connectivity index (χ0v) is 10.4. The van der Waals surface area contributed by atoms with Crippen molar-refractivity contribution in [2.24, 2.45) is 11.8 Å². The molecule has 0 unspecified atom stereocenters. The zero-order valence-electron chi connectivity index (χ0n) is 7.42. The molecule has 2 radical (unpaired) electrons. The first-order chi connectivity index (χ1) is 3.72. The van der Waals surface area contributed by atoms with Gasteiger partial charge >= 0.3 is 21.1 Å². The summed E-state index contributed by atoms with van der Waals surface area (Å²) in [6.45, 7) is 6.44. The normalized spacial score (nSPS) is 14.3. The molecule has 0 spiro atoms. The molecule has 0 nitrogen and oxygen atoms in total. The van der Waals surface area contributed by atoms with Crippen molar-refractivity contribution >= 4 is 7.85 Å². The van der Waals surface area contributed by atoms with E-state index in [1.54, 1.807) is 0 Å². The fraction of sp³-hybridized carbons (Fsp3) is 0.750. The van der Waals surface area contributed by atoms with Crippen LogP contribution in [0.4, 0.5) is 0 Å². The van der Waals surface area contributed by atoms with Crippen LogP contribution in [0.15, 0.2) is 0 Å². The van der Waals surface area contributed by atoms with Crippen molar-refractivity contribution in [3.05, 3.63) is 13.8 Å². The van der Waals surface area contributed by atoms with E-state index in [0.717, 1.165) is 6.32 Å². The van der Waals surface area contributed by atoms with Gasteiger partial charge in [0.15, 0.2) is 0 Å². The maximum absolute atomic E-state index is 5.43. The molecular weight excluding hydrogens is 291 g/mol. The molecule has 0 saturated carbocycles. The van der Waals surface area contributed by atoms with Crippen molar-refractivity contribution in [2.45, 2.75) is 27.1 Å². The maximum atomic E-state index is 5.43. The molecule has 0 saturated heterocycles. The van der Waals surface area contributed by atoms with Crippen molar-refractivity contribution in [1.82, 2.24) is 0 Å². The van der Waals surface area contributed by atoms with E-state index in [1.165, 1.54) is 0 Å². The van der Waals surface area contributed by atoms with Crippen LogP contribution in [0.1, 0.15) is 20.8 Å². The summed E-state index contributed by atoms with van der Waals surface area (Å²) < 4.78 is 0. The molecule has 0 aliphatic rings. The first-order valence-corrected chi connectivity index (χ1v) is 3.22. The van der Waals surface area contributed by atoms with Gasteiger partial charge in [-0.1, -0.05) is 26.1 Å². The number of hydrogen-bond donors (Lipinski definition) is 0. The number of hydrogen-bond acceptors (Lipinski definition) is 0. The second-order valence-electron chi connectivity index (χ2n) is 2.41. The second-order valence-corrected chi connectivity index (χ2v) is 2.41. The van der Waals surface area contributed by atoms with Crippen LogP contribution in [-0.2, 0) is 21.1 Å². The van der Waals surface area contributed by atoms with E-state index in [4.69, 9.17) is 7.85 Å². The van der Waals surface area contributed by atoms with Crippen LogP contribution in [0, 0.1) is 25.7 Å². The molecule has 58 valence electrons. The molecule has 10 heavy (non-hydrogen) atoms.